The summed E-state index contributed by atoms with van der Waals surface area (Å²) in [6.45, 7) is 1.99. The van der Waals surface area contributed by atoms with Crippen LogP contribution in [0.3, 0.4) is 0 Å². The summed E-state index contributed by atoms with van der Waals surface area (Å²) in [5, 5.41) is 3.54. The van der Waals surface area contributed by atoms with E-state index in [0.717, 1.165) is 12.0 Å². The summed E-state index contributed by atoms with van der Waals surface area (Å²) in [4.78, 5) is 3.95. The van der Waals surface area contributed by atoms with Crippen LogP contribution in [0.2, 0.25) is 0 Å². The monoisotopic (exact) mass is 282 g/mol. The Morgan fingerprint density at radius 3 is 2.84 bits per heavy atom. The summed E-state index contributed by atoms with van der Waals surface area (Å²) in [5.74, 6) is 0.274. The van der Waals surface area contributed by atoms with Gasteiger partial charge in [0.2, 0.25) is 16.4 Å². The lowest BCUT2D eigenvalue weighted by Gasteiger charge is -2.09. The van der Waals surface area contributed by atoms with Crippen LogP contribution in [0, 0.1) is 6.92 Å². The third-order valence-corrected chi connectivity index (χ3v) is 4.15. The molecule has 0 fully saturated rings. The molecule has 1 heterocycles. The molecule has 3 N–H and O–H groups in total. The third kappa shape index (κ3) is 3.16. The zero-order valence-corrected chi connectivity index (χ0v) is 11.1. The van der Waals surface area contributed by atoms with Crippen molar-refractivity contribution in [3.8, 4) is 0 Å². The fourth-order valence-corrected chi connectivity index (χ4v) is 2.84. The van der Waals surface area contributed by atoms with Crippen molar-refractivity contribution in [1.82, 2.24) is 14.9 Å². The first kappa shape index (κ1) is 13.7. The highest BCUT2D eigenvalue weighted by Crippen LogP contribution is 2.17. The number of sulfonamides is 1. The molecule has 8 heteroatoms. The van der Waals surface area contributed by atoms with E-state index in [1.165, 1.54) is 0 Å². The van der Waals surface area contributed by atoms with Gasteiger partial charge in [0.05, 0.1) is 11.4 Å². The van der Waals surface area contributed by atoms with Crippen molar-refractivity contribution in [3.05, 3.63) is 41.5 Å². The van der Waals surface area contributed by atoms with Crippen LogP contribution in [0.1, 0.15) is 17.0 Å². The van der Waals surface area contributed by atoms with E-state index in [9.17, 15) is 8.42 Å². The zero-order valence-electron chi connectivity index (χ0n) is 10.3. The van der Waals surface area contributed by atoms with Crippen molar-refractivity contribution >= 4 is 10.0 Å². The van der Waals surface area contributed by atoms with Gasteiger partial charge in [0.15, 0.2) is 5.82 Å². The summed E-state index contributed by atoms with van der Waals surface area (Å²) in [5.41, 5.74) is 6.92. The Labute approximate surface area is 110 Å². The number of aromatic nitrogens is 2. The highest BCUT2D eigenvalue weighted by Gasteiger charge is 2.17. The van der Waals surface area contributed by atoms with E-state index in [4.69, 9.17) is 5.73 Å². The standard InChI is InChI=1S/C11H14N4O3S/c1-8-2-3-9(5-12)4-10(8)19(16,17)14-6-11-13-7-18-15-11/h2-4,7,14H,5-6,12H2,1H3. The number of hydrogen-bond donors (Lipinski definition) is 2. The zero-order chi connectivity index (χ0) is 13.9. The molecular formula is C11H14N4O3S. The van der Waals surface area contributed by atoms with Gasteiger partial charge in [0, 0.05) is 6.54 Å². The van der Waals surface area contributed by atoms with E-state index >= 15 is 0 Å². The average Bonchev–Trinajstić information content (AvgIpc) is 2.90. The first-order valence-electron chi connectivity index (χ1n) is 5.57. The summed E-state index contributed by atoms with van der Waals surface area (Å²) >= 11 is 0. The molecule has 2 rings (SSSR count). The molecule has 1 aromatic carbocycles. The fraction of sp³-hybridized carbons (Fsp3) is 0.273. The summed E-state index contributed by atoms with van der Waals surface area (Å²) in [6, 6.07) is 5.09. The molecule has 0 bridgehead atoms. The molecular weight excluding hydrogens is 268 g/mol. The van der Waals surface area contributed by atoms with Crippen LogP contribution in [0.25, 0.3) is 0 Å². The van der Waals surface area contributed by atoms with Crippen LogP contribution in [0.5, 0.6) is 0 Å². The molecule has 0 amide bonds. The second-order valence-corrected chi connectivity index (χ2v) is 5.71. The van der Waals surface area contributed by atoms with E-state index in [1.54, 1.807) is 25.1 Å². The number of aryl methyl sites for hydroxylation is 1. The molecule has 7 nitrogen and oxygen atoms in total. The molecule has 19 heavy (non-hydrogen) atoms. The Morgan fingerprint density at radius 1 is 1.42 bits per heavy atom. The Balaban J connectivity index is 2.23. The maximum Gasteiger partial charge on any atom is 0.241 e. The number of benzene rings is 1. The molecule has 0 spiro atoms. The predicted molar refractivity (Wildman–Crippen MR) is 67.4 cm³/mol. The Bertz CT molecular complexity index is 653. The summed E-state index contributed by atoms with van der Waals surface area (Å²) in [7, 11) is -3.63. The smallest absolute Gasteiger partial charge is 0.241 e. The van der Waals surface area contributed by atoms with Crippen molar-refractivity contribution in [3.63, 3.8) is 0 Å². The van der Waals surface area contributed by atoms with Gasteiger partial charge < -0.3 is 10.3 Å². The largest absolute Gasteiger partial charge is 0.343 e. The fourth-order valence-electron chi connectivity index (χ4n) is 1.57. The maximum absolute atomic E-state index is 12.2. The molecule has 0 atom stereocenters. The maximum atomic E-state index is 12.2. The number of nitrogens with two attached hydrogens (primary N) is 1. The number of nitrogens with one attached hydrogen (secondary N) is 1. The molecule has 0 aliphatic heterocycles. The van der Waals surface area contributed by atoms with Gasteiger partial charge in [-0.25, -0.2) is 13.1 Å². The van der Waals surface area contributed by atoms with Crippen molar-refractivity contribution in [2.75, 3.05) is 0 Å². The Morgan fingerprint density at radius 2 is 2.21 bits per heavy atom. The normalized spacial score (nSPS) is 11.7. The van der Waals surface area contributed by atoms with Gasteiger partial charge in [-0.2, -0.15) is 4.98 Å². The summed E-state index contributed by atoms with van der Waals surface area (Å²) < 4.78 is 31.3. The van der Waals surface area contributed by atoms with Gasteiger partial charge in [-0.15, -0.1) is 0 Å². The topological polar surface area (TPSA) is 111 Å². The van der Waals surface area contributed by atoms with Crippen LogP contribution < -0.4 is 10.5 Å². The van der Waals surface area contributed by atoms with Crippen molar-refractivity contribution in [1.29, 1.82) is 0 Å². The van der Waals surface area contributed by atoms with Crippen LogP contribution >= 0.6 is 0 Å². The van der Waals surface area contributed by atoms with E-state index < -0.39 is 10.0 Å². The molecule has 2 aromatic rings. The van der Waals surface area contributed by atoms with Gasteiger partial charge in [0.25, 0.3) is 0 Å². The average molecular weight is 282 g/mol. The van der Waals surface area contributed by atoms with Gasteiger partial charge in [-0.3, -0.25) is 0 Å². The molecule has 0 saturated carbocycles. The predicted octanol–water partition coefficient (Wildman–Crippen LogP) is 0.315. The first-order chi connectivity index (χ1) is 9.03. The summed E-state index contributed by atoms with van der Waals surface area (Å²) in [6.07, 6.45) is 1.14. The highest BCUT2D eigenvalue weighted by molar-refractivity contribution is 7.89. The van der Waals surface area contributed by atoms with Crippen molar-refractivity contribution in [2.45, 2.75) is 24.9 Å². The first-order valence-corrected chi connectivity index (χ1v) is 7.06. The second kappa shape index (κ2) is 5.47. The SMILES string of the molecule is Cc1ccc(CN)cc1S(=O)(=O)NCc1ncon1. The van der Waals surface area contributed by atoms with E-state index in [1.807, 2.05) is 0 Å². The van der Waals surface area contributed by atoms with E-state index in [2.05, 4.69) is 19.4 Å². The van der Waals surface area contributed by atoms with Gasteiger partial charge in [-0.05, 0) is 24.1 Å². The van der Waals surface area contributed by atoms with E-state index in [-0.39, 0.29) is 23.8 Å². The molecule has 1 aromatic heterocycles. The number of nitrogens with zero attached hydrogens (tertiary/aromatic N) is 2. The minimum atomic E-state index is -3.63. The van der Waals surface area contributed by atoms with Gasteiger partial charge >= 0.3 is 0 Å². The van der Waals surface area contributed by atoms with Crippen LogP contribution in [0.15, 0.2) is 34.0 Å². The second-order valence-electron chi connectivity index (χ2n) is 3.98. The van der Waals surface area contributed by atoms with Gasteiger partial charge in [-0.1, -0.05) is 17.3 Å². The minimum absolute atomic E-state index is 0.0227. The van der Waals surface area contributed by atoms with E-state index in [0.29, 0.717) is 5.56 Å². The molecule has 0 unspecified atom stereocenters. The lowest BCUT2D eigenvalue weighted by atomic mass is 10.1. The van der Waals surface area contributed by atoms with Crippen LogP contribution in [0.4, 0.5) is 0 Å². The molecule has 0 aliphatic carbocycles. The molecule has 0 aliphatic rings. The molecule has 102 valence electrons. The lowest BCUT2D eigenvalue weighted by molar-refractivity contribution is 0.409. The van der Waals surface area contributed by atoms with Crippen molar-refractivity contribution < 1.29 is 12.9 Å². The lowest BCUT2D eigenvalue weighted by Crippen LogP contribution is -2.24. The minimum Gasteiger partial charge on any atom is -0.343 e. The highest BCUT2D eigenvalue weighted by atomic mass is 32.2. The number of hydrogen-bond acceptors (Lipinski definition) is 6. The quantitative estimate of drug-likeness (QED) is 0.816. The molecule has 0 radical (unpaired) electrons. The number of rotatable bonds is 5. The third-order valence-electron chi connectivity index (χ3n) is 2.61. The Hall–Kier alpha value is -1.77. The van der Waals surface area contributed by atoms with Gasteiger partial charge in [0.1, 0.15) is 0 Å². The van der Waals surface area contributed by atoms with Crippen LogP contribution in [-0.2, 0) is 23.1 Å². The molecule has 0 saturated heterocycles. The van der Waals surface area contributed by atoms with Crippen LogP contribution in [-0.4, -0.2) is 18.6 Å². The van der Waals surface area contributed by atoms with Crippen molar-refractivity contribution in [2.24, 2.45) is 5.73 Å². The Kier molecular flexibility index (Phi) is 3.93.